The van der Waals surface area contributed by atoms with E-state index in [0.29, 0.717) is 55.6 Å². The van der Waals surface area contributed by atoms with Gasteiger partial charge in [0.2, 0.25) is 5.91 Å². The molecule has 1 aliphatic rings. The van der Waals surface area contributed by atoms with Crippen LogP contribution >= 0.6 is 0 Å². The lowest BCUT2D eigenvalue weighted by molar-refractivity contribution is -0.117. The molecule has 1 aliphatic heterocycles. The maximum Gasteiger partial charge on any atom is 0.251 e. The minimum Gasteiger partial charge on any atom is -0.493 e. The Morgan fingerprint density at radius 3 is 2.50 bits per heavy atom. The van der Waals surface area contributed by atoms with Crippen LogP contribution in [0.15, 0.2) is 48.5 Å². The van der Waals surface area contributed by atoms with E-state index in [0.717, 1.165) is 44.1 Å². The molecule has 0 aromatic heterocycles. The van der Waals surface area contributed by atoms with Crippen molar-refractivity contribution >= 4 is 17.5 Å². The SMILES string of the molecule is CCCCCOc1cc(C(=O)NC(Cc2ccccc2)C(O)CNC(CC)CC)cc(N2CCCC2=O)c1. The summed E-state index contributed by atoms with van der Waals surface area (Å²) in [5.74, 6) is 0.350. The van der Waals surface area contributed by atoms with Gasteiger partial charge in [-0.3, -0.25) is 9.59 Å². The van der Waals surface area contributed by atoms with Gasteiger partial charge in [0.05, 0.1) is 18.8 Å². The number of benzene rings is 2. The molecule has 38 heavy (non-hydrogen) atoms. The molecule has 2 amide bonds. The van der Waals surface area contributed by atoms with E-state index < -0.39 is 12.1 Å². The zero-order valence-electron chi connectivity index (χ0n) is 23.2. The van der Waals surface area contributed by atoms with Crippen LogP contribution in [0.1, 0.15) is 81.6 Å². The van der Waals surface area contributed by atoms with Gasteiger partial charge in [-0.15, -0.1) is 0 Å². The van der Waals surface area contributed by atoms with Crippen molar-refractivity contribution in [1.82, 2.24) is 10.6 Å². The first-order valence-electron chi connectivity index (χ1n) is 14.3. The van der Waals surface area contributed by atoms with Crippen molar-refractivity contribution in [2.45, 2.75) is 90.3 Å². The molecule has 0 aliphatic carbocycles. The number of carbonyl (C=O) groups excluding carboxylic acids is 2. The highest BCUT2D eigenvalue weighted by Crippen LogP contribution is 2.28. The molecule has 0 spiro atoms. The standard InChI is InChI=1S/C31H45N3O4/c1-4-7-11-17-38-27-20-24(19-26(21-27)34-16-12-15-30(34)36)31(37)33-28(18-23-13-9-8-10-14-23)29(35)22-32-25(5-2)6-3/h8-10,13-14,19-21,25,28-29,32,35H,4-7,11-12,15-18,22H2,1-3H3,(H,33,37). The lowest BCUT2D eigenvalue weighted by Gasteiger charge is -2.27. The average molecular weight is 524 g/mol. The van der Waals surface area contributed by atoms with Crippen molar-refractivity contribution in [3.63, 3.8) is 0 Å². The van der Waals surface area contributed by atoms with Crippen LogP contribution < -0.4 is 20.3 Å². The van der Waals surface area contributed by atoms with E-state index in [1.165, 1.54) is 0 Å². The summed E-state index contributed by atoms with van der Waals surface area (Å²) >= 11 is 0. The molecule has 2 atom stereocenters. The Labute approximate surface area is 228 Å². The van der Waals surface area contributed by atoms with Crippen molar-refractivity contribution in [2.75, 3.05) is 24.6 Å². The smallest absolute Gasteiger partial charge is 0.251 e. The third-order valence-corrected chi connectivity index (χ3v) is 7.24. The second-order valence-corrected chi connectivity index (χ2v) is 10.2. The van der Waals surface area contributed by atoms with E-state index in [1.54, 1.807) is 17.0 Å². The Balaban J connectivity index is 1.81. The Bertz CT molecular complexity index is 1010. The number of ether oxygens (including phenoxy) is 1. The van der Waals surface area contributed by atoms with Gasteiger partial charge in [0, 0.05) is 42.9 Å². The predicted molar refractivity (Wildman–Crippen MR) is 153 cm³/mol. The molecule has 0 saturated carbocycles. The van der Waals surface area contributed by atoms with Gasteiger partial charge >= 0.3 is 0 Å². The number of anilines is 1. The molecular weight excluding hydrogens is 478 g/mol. The van der Waals surface area contributed by atoms with Crippen LogP contribution in [0, 0.1) is 0 Å². The molecule has 0 radical (unpaired) electrons. The van der Waals surface area contributed by atoms with Crippen LogP contribution in [0.2, 0.25) is 0 Å². The maximum atomic E-state index is 13.6. The van der Waals surface area contributed by atoms with Gasteiger partial charge in [0.1, 0.15) is 5.75 Å². The number of hydrogen-bond acceptors (Lipinski definition) is 5. The molecule has 3 rings (SSSR count). The number of unbranched alkanes of at least 4 members (excludes halogenated alkanes) is 2. The van der Waals surface area contributed by atoms with Crippen LogP contribution in [-0.4, -0.2) is 54.8 Å². The third-order valence-electron chi connectivity index (χ3n) is 7.24. The summed E-state index contributed by atoms with van der Waals surface area (Å²) in [6.07, 6.45) is 6.09. The molecule has 7 nitrogen and oxygen atoms in total. The Morgan fingerprint density at radius 2 is 1.84 bits per heavy atom. The highest BCUT2D eigenvalue weighted by molar-refractivity contribution is 5.99. The second kappa shape index (κ2) is 15.5. The summed E-state index contributed by atoms with van der Waals surface area (Å²) in [6, 6.07) is 15.0. The molecule has 1 saturated heterocycles. The van der Waals surface area contributed by atoms with Crippen molar-refractivity contribution in [3.05, 3.63) is 59.7 Å². The fourth-order valence-electron chi connectivity index (χ4n) is 4.83. The van der Waals surface area contributed by atoms with E-state index in [1.807, 2.05) is 36.4 Å². The summed E-state index contributed by atoms with van der Waals surface area (Å²) in [7, 11) is 0. The first-order chi connectivity index (χ1) is 18.4. The lowest BCUT2D eigenvalue weighted by atomic mass is 10.00. The predicted octanol–water partition coefficient (Wildman–Crippen LogP) is 4.86. The van der Waals surface area contributed by atoms with Gasteiger partial charge in [-0.1, -0.05) is 63.9 Å². The Kier molecular flexibility index (Phi) is 12.1. The number of hydrogen-bond donors (Lipinski definition) is 3. The van der Waals surface area contributed by atoms with Crippen molar-refractivity contribution in [1.29, 1.82) is 0 Å². The van der Waals surface area contributed by atoms with Crippen LogP contribution in [0.3, 0.4) is 0 Å². The van der Waals surface area contributed by atoms with E-state index in [2.05, 4.69) is 31.4 Å². The van der Waals surface area contributed by atoms with Gasteiger partial charge in [-0.25, -0.2) is 0 Å². The first-order valence-corrected chi connectivity index (χ1v) is 14.3. The van der Waals surface area contributed by atoms with Gasteiger partial charge in [-0.2, -0.15) is 0 Å². The summed E-state index contributed by atoms with van der Waals surface area (Å²) < 4.78 is 5.99. The molecule has 7 heteroatoms. The molecule has 0 bridgehead atoms. The normalized spacial score (nSPS) is 15.1. The second-order valence-electron chi connectivity index (χ2n) is 10.2. The molecular formula is C31H45N3O4. The summed E-state index contributed by atoms with van der Waals surface area (Å²) in [4.78, 5) is 27.8. The fourth-order valence-corrected chi connectivity index (χ4v) is 4.83. The molecule has 2 aromatic carbocycles. The van der Waals surface area contributed by atoms with Gasteiger partial charge in [0.25, 0.3) is 5.91 Å². The zero-order valence-corrected chi connectivity index (χ0v) is 23.2. The fraction of sp³-hybridized carbons (Fsp3) is 0.548. The summed E-state index contributed by atoms with van der Waals surface area (Å²) in [5, 5.41) is 17.6. The maximum absolute atomic E-state index is 13.6. The number of nitrogens with one attached hydrogen (secondary N) is 2. The van der Waals surface area contributed by atoms with Crippen molar-refractivity contribution < 1.29 is 19.4 Å². The van der Waals surface area contributed by atoms with Crippen LogP contribution in [0.5, 0.6) is 5.75 Å². The third kappa shape index (κ3) is 8.84. The molecule has 2 unspecified atom stereocenters. The van der Waals surface area contributed by atoms with Crippen LogP contribution in [-0.2, 0) is 11.2 Å². The van der Waals surface area contributed by atoms with E-state index >= 15 is 0 Å². The zero-order chi connectivity index (χ0) is 27.3. The molecule has 1 heterocycles. The topological polar surface area (TPSA) is 90.9 Å². The number of rotatable bonds is 16. The molecule has 2 aromatic rings. The van der Waals surface area contributed by atoms with Crippen molar-refractivity contribution in [2.24, 2.45) is 0 Å². The highest BCUT2D eigenvalue weighted by atomic mass is 16.5. The van der Waals surface area contributed by atoms with E-state index in [4.69, 9.17) is 4.74 Å². The lowest BCUT2D eigenvalue weighted by Crippen LogP contribution is -2.50. The number of aliphatic hydroxyl groups is 1. The minimum absolute atomic E-state index is 0.0596. The molecule has 208 valence electrons. The summed E-state index contributed by atoms with van der Waals surface area (Å²) in [5.41, 5.74) is 2.14. The largest absolute Gasteiger partial charge is 0.493 e. The van der Waals surface area contributed by atoms with Crippen molar-refractivity contribution in [3.8, 4) is 5.75 Å². The van der Waals surface area contributed by atoms with Gasteiger partial charge < -0.3 is 25.4 Å². The number of nitrogens with zero attached hydrogens (tertiary/aromatic N) is 1. The minimum atomic E-state index is -0.770. The quantitative estimate of drug-likeness (QED) is 0.273. The highest BCUT2D eigenvalue weighted by Gasteiger charge is 2.26. The molecule has 3 N–H and O–H groups in total. The Morgan fingerprint density at radius 1 is 1.08 bits per heavy atom. The number of aliphatic hydroxyl groups excluding tert-OH is 1. The first kappa shape index (κ1) is 29.7. The van der Waals surface area contributed by atoms with Gasteiger partial charge in [-0.05, 0) is 49.8 Å². The summed E-state index contributed by atoms with van der Waals surface area (Å²) in [6.45, 7) is 7.97. The van der Waals surface area contributed by atoms with Crippen LogP contribution in [0.4, 0.5) is 5.69 Å². The van der Waals surface area contributed by atoms with Crippen LogP contribution in [0.25, 0.3) is 0 Å². The van der Waals surface area contributed by atoms with E-state index in [9.17, 15) is 14.7 Å². The Hall–Kier alpha value is -2.90. The monoisotopic (exact) mass is 523 g/mol. The molecule has 1 fully saturated rings. The van der Waals surface area contributed by atoms with E-state index in [-0.39, 0.29) is 11.8 Å². The number of amides is 2. The van der Waals surface area contributed by atoms with Gasteiger partial charge in [0.15, 0.2) is 0 Å². The average Bonchev–Trinajstić information content (AvgIpc) is 3.37. The number of carbonyl (C=O) groups is 2.